The lowest BCUT2D eigenvalue weighted by molar-refractivity contribution is 0.290. The van der Waals surface area contributed by atoms with Crippen molar-refractivity contribution in [1.82, 2.24) is 0 Å². The largest absolute Gasteiger partial charge is 0.494 e. The highest BCUT2D eigenvalue weighted by Gasteiger charge is 2.02. The molecule has 1 atom stereocenters. The van der Waals surface area contributed by atoms with Crippen LogP contribution in [0.2, 0.25) is 0 Å². The second kappa shape index (κ2) is 8.54. The third kappa shape index (κ3) is 5.15. The molecule has 1 unspecified atom stereocenters. The molecule has 0 bridgehead atoms. The van der Waals surface area contributed by atoms with Gasteiger partial charge in [0, 0.05) is 0 Å². The van der Waals surface area contributed by atoms with Crippen LogP contribution < -0.4 is 9.47 Å². The first-order valence-electron chi connectivity index (χ1n) is 7.26. The van der Waals surface area contributed by atoms with Crippen LogP contribution in [-0.4, -0.2) is 11.6 Å². The molecule has 0 radical (unpaired) electrons. The predicted octanol–water partition coefficient (Wildman–Crippen LogP) is 6.01. The summed E-state index contributed by atoms with van der Waals surface area (Å²) in [4.78, 5) is 0. The average molecular weight is 363 g/mol. The monoisotopic (exact) mass is 362 g/mol. The van der Waals surface area contributed by atoms with E-state index in [-0.39, 0.29) is 5.01 Å². The normalized spacial score (nSPS) is 12.3. The van der Waals surface area contributed by atoms with Crippen LogP contribution in [0.25, 0.3) is 0 Å². The van der Waals surface area contributed by atoms with E-state index < -0.39 is 0 Å². The molecule has 0 aliphatic heterocycles. The van der Waals surface area contributed by atoms with Crippen LogP contribution in [0.1, 0.15) is 20.3 Å². The molecule has 2 aromatic carbocycles. The molecule has 4 nitrogen and oxygen atoms in total. The number of halogens is 1. The number of hydrogen-bond donors (Lipinski definition) is 0. The van der Waals surface area contributed by atoms with E-state index in [2.05, 4.69) is 33.1 Å². The van der Waals surface area contributed by atoms with E-state index in [9.17, 15) is 0 Å². The average Bonchev–Trinajstić information content (AvgIpc) is 2.56. The van der Waals surface area contributed by atoms with Gasteiger partial charge in [0.25, 0.3) is 0 Å². The number of nitrogens with zero attached hydrogens (tertiary/aromatic N) is 2. The van der Waals surface area contributed by atoms with Crippen molar-refractivity contribution in [2.24, 2.45) is 10.2 Å². The van der Waals surface area contributed by atoms with Crippen molar-refractivity contribution in [2.45, 2.75) is 25.3 Å². The van der Waals surface area contributed by atoms with E-state index in [1.807, 2.05) is 55.5 Å². The molecule has 0 aromatic heterocycles. The van der Waals surface area contributed by atoms with E-state index in [1.54, 1.807) is 0 Å². The van der Waals surface area contributed by atoms with Gasteiger partial charge in [-0.3, -0.25) is 0 Å². The third-order valence-electron chi connectivity index (χ3n) is 2.85. The highest BCUT2D eigenvalue weighted by atomic mass is 79.9. The molecule has 116 valence electrons. The second-order valence-electron chi connectivity index (χ2n) is 4.56. The Balaban J connectivity index is 1.97. The quantitative estimate of drug-likeness (QED) is 0.447. The summed E-state index contributed by atoms with van der Waals surface area (Å²) in [7, 11) is 0. The molecular weight excluding hydrogens is 344 g/mol. The van der Waals surface area contributed by atoms with Gasteiger partial charge >= 0.3 is 0 Å². The molecule has 0 fully saturated rings. The Bertz CT molecular complexity index is 597. The Morgan fingerprint density at radius 1 is 0.864 bits per heavy atom. The molecule has 0 spiro atoms. The van der Waals surface area contributed by atoms with Gasteiger partial charge in [0.15, 0.2) is 5.01 Å². The van der Waals surface area contributed by atoms with Crippen LogP contribution in [0.3, 0.4) is 0 Å². The number of alkyl halides is 1. The van der Waals surface area contributed by atoms with Gasteiger partial charge in [0.05, 0.1) is 18.0 Å². The zero-order valence-corrected chi connectivity index (χ0v) is 14.3. The zero-order chi connectivity index (χ0) is 15.8. The molecular formula is C17H19BrN2O2. The summed E-state index contributed by atoms with van der Waals surface area (Å²) in [6.07, 6.45) is 0.902. The number of ether oxygens (including phenoxy) is 2. The van der Waals surface area contributed by atoms with Crippen molar-refractivity contribution in [3.05, 3.63) is 48.5 Å². The molecule has 0 amide bonds. The van der Waals surface area contributed by atoms with Crippen molar-refractivity contribution in [1.29, 1.82) is 0 Å². The standard InChI is InChI=1S/C17H19BrN2O2/c1-3-17(18)22-16-11-7-14(8-12-16)20-19-13-5-9-15(10-6-13)21-4-2/h5-12,17H,3-4H2,1-2H3. The van der Waals surface area contributed by atoms with Crippen molar-refractivity contribution < 1.29 is 9.47 Å². The lowest BCUT2D eigenvalue weighted by atomic mass is 10.3. The van der Waals surface area contributed by atoms with Crippen molar-refractivity contribution >= 4 is 27.3 Å². The molecule has 0 N–H and O–H groups in total. The minimum atomic E-state index is 0.0313. The van der Waals surface area contributed by atoms with Gasteiger partial charge in [0.2, 0.25) is 0 Å². The molecule has 5 heteroatoms. The molecule has 0 saturated carbocycles. The number of azo groups is 1. The Morgan fingerprint density at radius 2 is 1.36 bits per heavy atom. The molecule has 0 saturated heterocycles. The number of rotatable bonds is 7. The summed E-state index contributed by atoms with van der Waals surface area (Å²) in [5.41, 5.74) is 1.57. The molecule has 2 rings (SSSR count). The fourth-order valence-electron chi connectivity index (χ4n) is 1.71. The van der Waals surface area contributed by atoms with Gasteiger partial charge in [-0.05, 0) is 77.8 Å². The molecule has 0 heterocycles. The van der Waals surface area contributed by atoms with E-state index >= 15 is 0 Å². The number of hydrogen-bond acceptors (Lipinski definition) is 4. The van der Waals surface area contributed by atoms with Gasteiger partial charge in [-0.25, -0.2) is 0 Å². The summed E-state index contributed by atoms with van der Waals surface area (Å²) in [5, 5.41) is 8.44. The van der Waals surface area contributed by atoms with E-state index in [4.69, 9.17) is 9.47 Å². The smallest absolute Gasteiger partial charge is 0.153 e. The fourth-order valence-corrected chi connectivity index (χ4v) is 1.93. The minimum absolute atomic E-state index is 0.0313. The first-order valence-corrected chi connectivity index (χ1v) is 8.18. The highest BCUT2D eigenvalue weighted by Crippen LogP contribution is 2.24. The zero-order valence-electron chi connectivity index (χ0n) is 12.7. The van der Waals surface area contributed by atoms with Gasteiger partial charge in [-0.2, -0.15) is 10.2 Å². The van der Waals surface area contributed by atoms with Crippen LogP contribution >= 0.6 is 15.9 Å². The second-order valence-corrected chi connectivity index (χ2v) is 5.58. The molecule has 22 heavy (non-hydrogen) atoms. The summed E-state index contributed by atoms with van der Waals surface area (Å²) in [6, 6.07) is 15.1. The Labute approximate surface area is 139 Å². The lowest BCUT2D eigenvalue weighted by Gasteiger charge is -2.10. The number of benzene rings is 2. The van der Waals surface area contributed by atoms with Crippen molar-refractivity contribution in [2.75, 3.05) is 6.61 Å². The van der Waals surface area contributed by atoms with Crippen LogP contribution in [0.4, 0.5) is 11.4 Å². The Kier molecular flexibility index (Phi) is 6.40. The van der Waals surface area contributed by atoms with Gasteiger partial charge in [-0.1, -0.05) is 6.92 Å². The highest BCUT2D eigenvalue weighted by molar-refractivity contribution is 9.09. The van der Waals surface area contributed by atoms with E-state index in [0.717, 1.165) is 29.3 Å². The first-order chi connectivity index (χ1) is 10.7. The molecule has 0 aliphatic rings. The Hall–Kier alpha value is -1.88. The minimum Gasteiger partial charge on any atom is -0.494 e. The van der Waals surface area contributed by atoms with Gasteiger partial charge in [0.1, 0.15) is 11.5 Å². The van der Waals surface area contributed by atoms with Crippen LogP contribution in [0, 0.1) is 0 Å². The maximum Gasteiger partial charge on any atom is 0.153 e. The van der Waals surface area contributed by atoms with E-state index in [0.29, 0.717) is 6.61 Å². The summed E-state index contributed by atoms with van der Waals surface area (Å²) in [5.74, 6) is 1.65. The fraction of sp³-hybridized carbons (Fsp3) is 0.294. The summed E-state index contributed by atoms with van der Waals surface area (Å²) in [6.45, 7) is 4.67. The van der Waals surface area contributed by atoms with Crippen molar-refractivity contribution in [3.8, 4) is 11.5 Å². The SMILES string of the molecule is CCOc1ccc(N=Nc2ccc(OC(Br)CC)cc2)cc1. The maximum absolute atomic E-state index is 5.65. The third-order valence-corrected chi connectivity index (χ3v) is 3.68. The Morgan fingerprint density at radius 3 is 1.82 bits per heavy atom. The summed E-state index contributed by atoms with van der Waals surface area (Å²) < 4.78 is 11.0. The van der Waals surface area contributed by atoms with Crippen molar-refractivity contribution in [3.63, 3.8) is 0 Å². The van der Waals surface area contributed by atoms with Crippen LogP contribution in [-0.2, 0) is 0 Å². The first kappa shape index (κ1) is 16.5. The molecule has 2 aromatic rings. The topological polar surface area (TPSA) is 43.2 Å². The lowest BCUT2D eigenvalue weighted by Crippen LogP contribution is -2.05. The van der Waals surface area contributed by atoms with Gasteiger partial charge in [-0.15, -0.1) is 0 Å². The summed E-state index contributed by atoms with van der Waals surface area (Å²) >= 11 is 3.44. The predicted molar refractivity (Wildman–Crippen MR) is 91.9 cm³/mol. The van der Waals surface area contributed by atoms with Crippen LogP contribution in [0.15, 0.2) is 58.8 Å². The van der Waals surface area contributed by atoms with E-state index in [1.165, 1.54) is 0 Å². The van der Waals surface area contributed by atoms with Crippen LogP contribution in [0.5, 0.6) is 11.5 Å². The van der Waals surface area contributed by atoms with Gasteiger partial charge < -0.3 is 9.47 Å². The maximum atomic E-state index is 5.65. The molecule has 0 aliphatic carbocycles.